The van der Waals surface area contributed by atoms with Crippen molar-refractivity contribution in [2.75, 3.05) is 11.5 Å². The lowest BCUT2D eigenvalue weighted by atomic mass is 10.2. The Hall–Kier alpha value is -3.31. The van der Waals surface area contributed by atoms with Crippen LogP contribution in [0.4, 0.5) is 11.4 Å². The highest BCUT2D eigenvalue weighted by molar-refractivity contribution is 9.10. The van der Waals surface area contributed by atoms with Gasteiger partial charge in [-0.15, -0.1) is 0 Å². The molecule has 3 rings (SSSR count). The third-order valence-electron chi connectivity index (χ3n) is 4.04. The van der Waals surface area contributed by atoms with Gasteiger partial charge in [-0.25, -0.2) is 10.3 Å². The molecule has 150 valence electrons. The number of halogens is 1. The van der Waals surface area contributed by atoms with Gasteiger partial charge in [0.2, 0.25) is 5.91 Å². The normalized spacial score (nSPS) is 16.0. The van der Waals surface area contributed by atoms with Gasteiger partial charge in [-0.1, -0.05) is 28.1 Å². The molecule has 2 N–H and O–H groups in total. The number of rotatable bonds is 7. The number of carbonyl (C=O) groups excluding carboxylic acids is 3. The molecule has 11 heteroatoms. The fraction of sp³-hybridized carbons (Fsp3) is 0.167. The molecule has 2 aromatic carbocycles. The molecule has 29 heavy (non-hydrogen) atoms. The van der Waals surface area contributed by atoms with Crippen molar-refractivity contribution in [3.05, 3.63) is 63.1 Å². The number of ether oxygens (including phenoxy) is 1. The summed E-state index contributed by atoms with van der Waals surface area (Å²) in [5.41, 5.74) is 4.96. The maximum atomic E-state index is 12.5. The molecule has 0 radical (unpaired) electrons. The summed E-state index contributed by atoms with van der Waals surface area (Å²) in [6, 6.07) is 11.4. The van der Waals surface area contributed by atoms with E-state index >= 15 is 0 Å². The van der Waals surface area contributed by atoms with Gasteiger partial charge in [-0.2, -0.15) is 0 Å². The van der Waals surface area contributed by atoms with E-state index in [4.69, 9.17) is 4.74 Å². The molecule has 0 aromatic heterocycles. The zero-order valence-corrected chi connectivity index (χ0v) is 16.4. The number of hydrazine groups is 1. The average Bonchev–Trinajstić information content (AvgIpc) is 2.99. The van der Waals surface area contributed by atoms with Crippen molar-refractivity contribution in [3.8, 4) is 5.75 Å². The molecule has 1 atom stereocenters. The largest absolute Gasteiger partial charge is 0.477 e. The third-order valence-corrected chi connectivity index (χ3v) is 4.57. The summed E-state index contributed by atoms with van der Waals surface area (Å²) in [6.07, 6.45) is -0.125. The first-order chi connectivity index (χ1) is 13.9. The molecule has 0 unspecified atom stereocenters. The van der Waals surface area contributed by atoms with Crippen LogP contribution < -0.4 is 20.5 Å². The molecule has 3 amide bonds. The quantitative estimate of drug-likeness (QED) is 0.363. The predicted molar refractivity (Wildman–Crippen MR) is 105 cm³/mol. The zero-order chi connectivity index (χ0) is 21.0. The van der Waals surface area contributed by atoms with Gasteiger partial charge in [0.1, 0.15) is 6.04 Å². The SMILES string of the molecule is O=C(COc1ccccc1[N+](=O)[O-])NN[C@@H]1CC(=O)N(c2ccc(Br)cc2)C1=O. The van der Waals surface area contributed by atoms with Crippen LogP contribution in [0.3, 0.4) is 0 Å². The lowest BCUT2D eigenvalue weighted by Gasteiger charge is -2.16. The number of nitrogens with one attached hydrogen (secondary N) is 2. The molecule has 1 heterocycles. The van der Waals surface area contributed by atoms with Crippen LogP contribution in [0.1, 0.15) is 6.42 Å². The molecule has 0 aliphatic carbocycles. The van der Waals surface area contributed by atoms with Crippen molar-refractivity contribution < 1.29 is 24.0 Å². The van der Waals surface area contributed by atoms with Gasteiger partial charge < -0.3 is 4.74 Å². The Bertz CT molecular complexity index is 965. The molecule has 2 aromatic rings. The number of hydrogen-bond acceptors (Lipinski definition) is 7. The molecular weight excluding hydrogens is 448 g/mol. The number of benzene rings is 2. The van der Waals surface area contributed by atoms with E-state index in [-0.39, 0.29) is 17.9 Å². The second-order valence-electron chi connectivity index (χ2n) is 6.01. The van der Waals surface area contributed by atoms with Crippen LogP contribution in [-0.4, -0.2) is 35.3 Å². The average molecular weight is 463 g/mol. The summed E-state index contributed by atoms with van der Waals surface area (Å²) < 4.78 is 5.97. The fourth-order valence-electron chi connectivity index (χ4n) is 2.68. The molecule has 1 fully saturated rings. The number of nitrogens with zero attached hydrogens (tertiary/aromatic N) is 2. The van der Waals surface area contributed by atoms with Gasteiger partial charge in [0.15, 0.2) is 12.4 Å². The highest BCUT2D eigenvalue weighted by atomic mass is 79.9. The van der Waals surface area contributed by atoms with Crippen LogP contribution in [0.2, 0.25) is 0 Å². The number of nitro groups is 1. The van der Waals surface area contributed by atoms with Crippen LogP contribution in [0.15, 0.2) is 53.0 Å². The first-order valence-corrected chi connectivity index (χ1v) is 9.19. The summed E-state index contributed by atoms with van der Waals surface area (Å²) in [4.78, 5) is 48.0. The number of para-hydroxylation sites is 2. The van der Waals surface area contributed by atoms with E-state index < -0.39 is 35.3 Å². The van der Waals surface area contributed by atoms with E-state index in [0.29, 0.717) is 5.69 Å². The molecule has 10 nitrogen and oxygen atoms in total. The Morgan fingerprint density at radius 1 is 1.21 bits per heavy atom. The fourth-order valence-corrected chi connectivity index (χ4v) is 2.95. The van der Waals surface area contributed by atoms with Crippen molar-refractivity contribution in [2.24, 2.45) is 0 Å². The zero-order valence-electron chi connectivity index (χ0n) is 14.8. The standard InChI is InChI=1S/C18H15BrN4O6/c19-11-5-7-12(8-6-11)22-17(25)9-13(18(22)26)20-21-16(24)10-29-15-4-2-1-3-14(15)23(27)28/h1-8,13,20H,9-10H2,(H,21,24)/t13-/m1/s1. The second-order valence-corrected chi connectivity index (χ2v) is 6.92. The first kappa shape index (κ1) is 20.4. The van der Waals surface area contributed by atoms with Gasteiger partial charge in [-0.05, 0) is 30.3 Å². The second kappa shape index (κ2) is 8.80. The highest BCUT2D eigenvalue weighted by Crippen LogP contribution is 2.26. The Balaban J connectivity index is 1.54. The summed E-state index contributed by atoms with van der Waals surface area (Å²) in [7, 11) is 0. The van der Waals surface area contributed by atoms with Crippen molar-refractivity contribution in [3.63, 3.8) is 0 Å². The Morgan fingerprint density at radius 3 is 2.59 bits per heavy atom. The topological polar surface area (TPSA) is 131 Å². The molecule has 1 aliphatic rings. The number of amides is 3. The molecule has 1 saturated heterocycles. The number of imide groups is 1. The minimum atomic E-state index is -0.929. The maximum absolute atomic E-state index is 12.5. The molecular formula is C18H15BrN4O6. The maximum Gasteiger partial charge on any atom is 0.310 e. The van der Waals surface area contributed by atoms with Crippen LogP contribution in [-0.2, 0) is 14.4 Å². The number of nitro benzene ring substituents is 1. The van der Waals surface area contributed by atoms with E-state index in [1.165, 1.54) is 24.3 Å². The Kier molecular flexibility index (Phi) is 6.20. The molecule has 0 spiro atoms. The monoisotopic (exact) mass is 462 g/mol. The minimum Gasteiger partial charge on any atom is -0.477 e. The number of hydrogen-bond donors (Lipinski definition) is 2. The number of carbonyl (C=O) groups is 3. The van der Waals surface area contributed by atoms with E-state index in [9.17, 15) is 24.5 Å². The lowest BCUT2D eigenvalue weighted by molar-refractivity contribution is -0.385. The smallest absolute Gasteiger partial charge is 0.310 e. The van der Waals surface area contributed by atoms with Crippen LogP contribution in [0.5, 0.6) is 5.75 Å². The number of anilines is 1. The molecule has 1 aliphatic heterocycles. The minimum absolute atomic E-state index is 0.0545. The lowest BCUT2D eigenvalue weighted by Crippen LogP contribution is -2.49. The first-order valence-electron chi connectivity index (χ1n) is 8.40. The van der Waals surface area contributed by atoms with Crippen LogP contribution in [0.25, 0.3) is 0 Å². The summed E-state index contributed by atoms with van der Waals surface area (Å²) >= 11 is 3.28. The van der Waals surface area contributed by atoms with Gasteiger partial charge in [0.05, 0.1) is 17.0 Å². The Morgan fingerprint density at radius 2 is 1.90 bits per heavy atom. The van der Waals surface area contributed by atoms with E-state index in [2.05, 4.69) is 26.8 Å². The van der Waals surface area contributed by atoms with Crippen LogP contribution in [0, 0.1) is 10.1 Å². The molecule has 0 saturated carbocycles. The van der Waals surface area contributed by atoms with Crippen molar-refractivity contribution >= 4 is 45.0 Å². The molecule has 0 bridgehead atoms. The van der Waals surface area contributed by atoms with Gasteiger partial charge >= 0.3 is 5.69 Å². The van der Waals surface area contributed by atoms with E-state index in [1.54, 1.807) is 24.3 Å². The van der Waals surface area contributed by atoms with Gasteiger partial charge in [0, 0.05) is 10.5 Å². The van der Waals surface area contributed by atoms with E-state index in [1.807, 2.05) is 0 Å². The summed E-state index contributed by atoms with van der Waals surface area (Å²) in [5.74, 6) is -1.62. The van der Waals surface area contributed by atoms with Gasteiger partial charge in [-0.3, -0.25) is 29.9 Å². The van der Waals surface area contributed by atoms with Gasteiger partial charge in [0.25, 0.3) is 11.8 Å². The Labute approximate surface area is 173 Å². The van der Waals surface area contributed by atoms with Crippen molar-refractivity contribution in [2.45, 2.75) is 12.5 Å². The predicted octanol–water partition coefficient (Wildman–Crippen LogP) is 1.69. The van der Waals surface area contributed by atoms with Crippen molar-refractivity contribution in [1.29, 1.82) is 0 Å². The van der Waals surface area contributed by atoms with Crippen molar-refractivity contribution in [1.82, 2.24) is 10.9 Å². The van der Waals surface area contributed by atoms with Crippen LogP contribution >= 0.6 is 15.9 Å². The highest BCUT2D eigenvalue weighted by Gasteiger charge is 2.39. The summed E-state index contributed by atoms with van der Waals surface area (Å²) in [6.45, 7) is -0.511. The summed E-state index contributed by atoms with van der Waals surface area (Å²) in [5, 5.41) is 10.9. The van der Waals surface area contributed by atoms with E-state index in [0.717, 1.165) is 9.37 Å². The third kappa shape index (κ3) is 4.76.